The Kier molecular flexibility index (Phi) is 3.02. The molecule has 0 bridgehead atoms. The summed E-state index contributed by atoms with van der Waals surface area (Å²) in [5.41, 5.74) is 1.56. The highest BCUT2D eigenvalue weighted by Gasteiger charge is 2.45. The van der Waals surface area contributed by atoms with Gasteiger partial charge in [-0.1, -0.05) is 49.4 Å². The van der Waals surface area contributed by atoms with Crippen molar-refractivity contribution in [3.63, 3.8) is 0 Å². The van der Waals surface area contributed by atoms with Gasteiger partial charge < -0.3 is 5.32 Å². The van der Waals surface area contributed by atoms with E-state index in [1.54, 1.807) is 0 Å². The summed E-state index contributed by atoms with van der Waals surface area (Å²) in [5.74, 6) is 0.145. The van der Waals surface area contributed by atoms with Gasteiger partial charge in [0.25, 0.3) is 0 Å². The van der Waals surface area contributed by atoms with Gasteiger partial charge in [-0.15, -0.1) is 0 Å². The van der Waals surface area contributed by atoms with Gasteiger partial charge in [0.1, 0.15) is 0 Å². The molecular weight excluding hydrogens is 234 g/mol. The molecule has 0 spiro atoms. The number of hydrogen-bond acceptors (Lipinski definition) is 1. The third kappa shape index (κ3) is 2.23. The summed E-state index contributed by atoms with van der Waals surface area (Å²) in [6.07, 6.45) is 2.90. The van der Waals surface area contributed by atoms with E-state index in [9.17, 15) is 4.79 Å². The highest BCUT2D eigenvalue weighted by Crippen LogP contribution is 2.49. The van der Waals surface area contributed by atoms with Crippen LogP contribution in [0, 0.1) is 0 Å². The molecule has 0 aromatic heterocycles. The summed E-state index contributed by atoms with van der Waals surface area (Å²) in [7, 11) is 0. The van der Waals surface area contributed by atoms with Gasteiger partial charge in [0, 0.05) is 18.4 Å². The third-order valence-corrected chi connectivity index (χ3v) is 4.16. The van der Waals surface area contributed by atoms with Crippen LogP contribution >= 0.6 is 0 Å². The van der Waals surface area contributed by atoms with Gasteiger partial charge in [-0.05, 0) is 29.2 Å². The number of fused-ring (bicyclic) bond motifs is 1. The molecule has 1 aliphatic rings. The number of nitrogens with one attached hydrogen (secondary N) is 1. The largest absolute Gasteiger partial charge is 0.355 e. The van der Waals surface area contributed by atoms with Gasteiger partial charge in [-0.3, -0.25) is 4.79 Å². The van der Waals surface area contributed by atoms with Crippen LogP contribution in [0.2, 0.25) is 0 Å². The lowest BCUT2D eigenvalue weighted by Crippen LogP contribution is -2.31. The molecule has 0 aliphatic heterocycles. The molecule has 1 saturated carbocycles. The van der Waals surface area contributed by atoms with E-state index in [0.717, 1.165) is 6.54 Å². The monoisotopic (exact) mass is 253 g/mol. The number of carbonyl (C=O) groups excluding carboxylic acids is 1. The quantitative estimate of drug-likeness (QED) is 0.889. The fraction of sp³-hybridized carbons (Fsp3) is 0.353. The van der Waals surface area contributed by atoms with Crippen molar-refractivity contribution in [2.75, 3.05) is 6.54 Å². The molecule has 0 atom stereocenters. The van der Waals surface area contributed by atoms with Gasteiger partial charge in [0.2, 0.25) is 5.91 Å². The molecule has 19 heavy (non-hydrogen) atoms. The van der Waals surface area contributed by atoms with Crippen molar-refractivity contribution in [3.05, 3.63) is 48.0 Å². The van der Waals surface area contributed by atoms with Gasteiger partial charge in [-0.25, -0.2) is 0 Å². The van der Waals surface area contributed by atoms with Crippen molar-refractivity contribution in [3.8, 4) is 0 Å². The number of carbonyl (C=O) groups is 1. The second-order valence-corrected chi connectivity index (χ2v) is 5.44. The predicted molar refractivity (Wildman–Crippen MR) is 78.2 cm³/mol. The van der Waals surface area contributed by atoms with Gasteiger partial charge in [0.05, 0.1) is 0 Å². The second kappa shape index (κ2) is 4.69. The topological polar surface area (TPSA) is 29.1 Å². The SMILES string of the molecule is CCC(=O)NCC1(c2cccc3ccccc23)CC1. The van der Waals surface area contributed by atoms with Crippen molar-refractivity contribution >= 4 is 16.7 Å². The summed E-state index contributed by atoms with van der Waals surface area (Å²) in [4.78, 5) is 11.5. The maximum Gasteiger partial charge on any atom is 0.219 e. The molecule has 2 heteroatoms. The van der Waals surface area contributed by atoms with Crippen molar-refractivity contribution in [2.45, 2.75) is 31.6 Å². The van der Waals surface area contributed by atoms with Crippen LogP contribution in [-0.4, -0.2) is 12.5 Å². The fourth-order valence-electron chi connectivity index (χ4n) is 2.77. The van der Waals surface area contributed by atoms with E-state index in [2.05, 4.69) is 47.8 Å². The van der Waals surface area contributed by atoms with Gasteiger partial charge in [-0.2, -0.15) is 0 Å². The first-order chi connectivity index (χ1) is 9.25. The molecule has 1 fully saturated rings. The molecule has 0 radical (unpaired) electrons. The summed E-state index contributed by atoms with van der Waals surface area (Å²) in [6.45, 7) is 2.67. The Morgan fingerprint density at radius 3 is 2.63 bits per heavy atom. The van der Waals surface area contributed by atoms with E-state index < -0.39 is 0 Å². The third-order valence-electron chi connectivity index (χ3n) is 4.16. The Morgan fingerprint density at radius 1 is 1.16 bits per heavy atom. The van der Waals surface area contributed by atoms with Gasteiger partial charge >= 0.3 is 0 Å². The zero-order valence-electron chi connectivity index (χ0n) is 11.3. The molecule has 1 N–H and O–H groups in total. The smallest absolute Gasteiger partial charge is 0.219 e. The van der Waals surface area contributed by atoms with E-state index in [1.807, 2.05) is 6.92 Å². The molecule has 1 aliphatic carbocycles. The van der Waals surface area contributed by atoms with E-state index in [1.165, 1.54) is 29.2 Å². The normalized spacial score (nSPS) is 16.3. The number of hydrogen-bond donors (Lipinski definition) is 1. The Hall–Kier alpha value is -1.83. The first-order valence-corrected chi connectivity index (χ1v) is 7.00. The van der Waals surface area contributed by atoms with E-state index in [4.69, 9.17) is 0 Å². The lowest BCUT2D eigenvalue weighted by atomic mass is 9.90. The number of rotatable bonds is 4. The molecule has 1 amide bonds. The fourth-order valence-corrected chi connectivity index (χ4v) is 2.77. The van der Waals surface area contributed by atoms with Gasteiger partial charge in [0.15, 0.2) is 0 Å². The average Bonchev–Trinajstić information content (AvgIpc) is 3.25. The molecule has 0 unspecified atom stereocenters. The highest BCUT2D eigenvalue weighted by molar-refractivity contribution is 5.87. The summed E-state index contributed by atoms with van der Waals surface area (Å²) < 4.78 is 0. The maximum absolute atomic E-state index is 11.5. The predicted octanol–water partition coefficient (Wildman–Crippen LogP) is 3.40. The van der Waals surface area contributed by atoms with Crippen LogP contribution in [0.25, 0.3) is 10.8 Å². The molecule has 0 saturated heterocycles. The summed E-state index contributed by atoms with van der Waals surface area (Å²) in [6, 6.07) is 15.0. The first-order valence-electron chi connectivity index (χ1n) is 7.00. The zero-order chi connectivity index (χ0) is 13.3. The summed E-state index contributed by atoms with van der Waals surface area (Å²) >= 11 is 0. The minimum absolute atomic E-state index is 0.145. The molecule has 2 aromatic carbocycles. The summed E-state index contributed by atoms with van der Waals surface area (Å²) in [5, 5.41) is 5.67. The molecule has 0 heterocycles. The van der Waals surface area contributed by atoms with Crippen LogP contribution < -0.4 is 5.32 Å². The Labute approximate surface area is 113 Å². The number of benzene rings is 2. The van der Waals surface area contributed by atoms with Crippen molar-refractivity contribution < 1.29 is 4.79 Å². The van der Waals surface area contributed by atoms with E-state index in [0.29, 0.717) is 6.42 Å². The lowest BCUT2D eigenvalue weighted by molar-refractivity contribution is -0.120. The Morgan fingerprint density at radius 2 is 1.89 bits per heavy atom. The van der Waals surface area contributed by atoms with Crippen LogP contribution in [0.4, 0.5) is 0 Å². The Balaban J connectivity index is 1.93. The standard InChI is InChI=1S/C17H19NO/c1-2-16(19)18-12-17(10-11-17)15-9-5-7-13-6-3-4-8-14(13)15/h3-9H,2,10-12H2,1H3,(H,18,19). The lowest BCUT2D eigenvalue weighted by Gasteiger charge is -2.18. The minimum atomic E-state index is 0.145. The molecule has 2 aromatic rings. The van der Waals surface area contributed by atoms with Crippen molar-refractivity contribution in [1.82, 2.24) is 5.32 Å². The minimum Gasteiger partial charge on any atom is -0.355 e. The van der Waals surface area contributed by atoms with Crippen LogP contribution in [-0.2, 0) is 10.2 Å². The maximum atomic E-state index is 11.5. The van der Waals surface area contributed by atoms with E-state index >= 15 is 0 Å². The van der Waals surface area contributed by atoms with Crippen LogP contribution in [0.1, 0.15) is 31.7 Å². The number of amides is 1. The first kappa shape index (κ1) is 12.2. The highest BCUT2D eigenvalue weighted by atomic mass is 16.1. The van der Waals surface area contributed by atoms with Crippen LogP contribution in [0.15, 0.2) is 42.5 Å². The molecule has 3 rings (SSSR count). The Bertz CT molecular complexity index is 608. The molecular formula is C17H19NO. The van der Waals surface area contributed by atoms with Crippen LogP contribution in [0.5, 0.6) is 0 Å². The molecule has 2 nitrogen and oxygen atoms in total. The van der Waals surface area contributed by atoms with E-state index in [-0.39, 0.29) is 11.3 Å². The second-order valence-electron chi connectivity index (χ2n) is 5.44. The van der Waals surface area contributed by atoms with Crippen LogP contribution in [0.3, 0.4) is 0 Å². The zero-order valence-corrected chi connectivity index (χ0v) is 11.3. The molecule has 98 valence electrons. The van der Waals surface area contributed by atoms with Crippen molar-refractivity contribution in [1.29, 1.82) is 0 Å². The van der Waals surface area contributed by atoms with Crippen molar-refractivity contribution in [2.24, 2.45) is 0 Å². The average molecular weight is 253 g/mol.